The van der Waals surface area contributed by atoms with Crippen molar-refractivity contribution in [3.8, 4) is 0 Å². The number of rotatable bonds is 6. The number of carbonyl (C=O) groups is 1. The van der Waals surface area contributed by atoms with Gasteiger partial charge in [0, 0.05) is 5.92 Å². The molecule has 0 bridgehead atoms. The molecule has 0 atom stereocenters. The van der Waals surface area contributed by atoms with Gasteiger partial charge in [-0.1, -0.05) is 86.6 Å². The average Bonchev–Trinajstić information content (AvgIpc) is 2.80. The number of fused-ring (bicyclic) bond motifs is 1. The van der Waals surface area contributed by atoms with Crippen molar-refractivity contribution < 1.29 is 4.79 Å². The van der Waals surface area contributed by atoms with E-state index < -0.39 is 0 Å². The Bertz CT molecular complexity index is 1210. The molecule has 0 spiro atoms. The highest BCUT2D eigenvalue weighted by atomic mass is 16.2. The Morgan fingerprint density at radius 3 is 2.00 bits per heavy atom. The largest absolute Gasteiger partial charge is 0.344 e. The van der Waals surface area contributed by atoms with Crippen molar-refractivity contribution in [2.45, 2.75) is 32.4 Å². The second-order valence-corrected chi connectivity index (χ2v) is 7.86. The van der Waals surface area contributed by atoms with Crippen molar-refractivity contribution in [3.05, 3.63) is 112 Å². The normalized spacial score (nSPS) is 11.2. The molecule has 0 aliphatic heterocycles. The van der Waals surface area contributed by atoms with E-state index in [4.69, 9.17) is 0 Å². The molecule has 1 heterocycles. The first kappa shape index (κ1) is 20.5. The van der Waals surface area contributed by atoms with Gasteiger partial charge in [-0.05, 0) is 23.3 Å². The standard InChI is InChI=1S/C26H25N3O2/c1-18(2)25-27-22-16-10-9-15-21(22)26(31)29(25)17-23(30)28-24(19-11-5-3-6-12-19)20-13-7-4-8-14-20/h3-16,18,24H,17H2,1-2H3,(H,28,30). The summed E-state index contributed by atoms with van der Waals surface area (Å²) < 4.78 is 1.50. The van der Waals surface area contributed by atoms with E-state index in [1.54, 1.807) is 6.07 Å². The molecule has 0 aliphatic carbocycles. The third-order valence-corrected chi connectivity index (χ3v) is 5.28. The van der Waals surface area contributed by atoms with Gasteiger partial charge in [0.25, 0.3) is 5.56 Å². The van der Waals surface area contributed by atoms with Gasteiger partial charge < -0.3 is 5.32 Å². The highest BCUT2D eigenvalue weighted by molar-refractivity contribution is 5.79. The fourth-order valence-corrected chi connectivity index (χ4v) is 3.78. The monoisotopic (exact) mass is 411 g/mol. The topological polar surface area (TPSA) is 64.0 Å². The number of nitrogens with one attached hydrogen (secondary N) is 1. The van der Waals surface area contributed by atoms with Crippen molar-refractivity contribution >= 4 is 16.8 Å². The average molecular weight is 412 g/mol. The van der Waals surface area contributed by atoms with Crippen LogP contribution in [0.3, 0.4) is 0 Å². The maximum absolute atomic E-state index is 13.2. The number of para-hydroxylation sites is 1. The molecule has 0 radical (unpaired) electrons. The molecular formula is C26H25N3O2. The summed E-state index contributed by atoms with van der Waals surface area (Å²) >= 11 is 0. The third-order valence-electron chi connectivity index (χ3n) is 5.28. The molecule has 1 amide bonds. The van der Waals surface area contributed by atoms with E-state index in [2.05, 4.69) is 10.3 Å². The quantitative estimate of drug-likeness (QED) is 0.511. The van der Waals surface area contributed by atoms with Crippen molar-refractivity contribution in [3.63, 3.8) is 0 Å². The summed E-state index contributed by atoms with van der Waals surface area (Å²) in [6.07, 6.45) is 0. The molecular weight excluding hydrogens is 386 g/mol. The maximum atomic E-state index is 13.2. The summed E-state index contributed by atoms with van der Waals surface area (Å²) in [5, 5.41) is 3.63. The van der Waals surface area contributed by atoms with Crippen LogP contribution in [0.5, 0.6) is 0 Å². The number of benzene rings is 3. The van der Waals surface area contributed by atoms with Crippen molar-refractivity contribution in [2.75, 3.05) is 0 Å². The van der Waals surface area contributed by atoms with Gasteiger partial charge in [0.2, 0.25) is 5.91 Å². The molecule has 0 saturated heterocycles. The molecule has 31 heavy (non-hydrogen) atoms. The summed E-state index contributed by atoms with van der Waals surface area (Å²) in [5.41, 5.74) is 2.42. The first-order chi connectivity index (χ1) is 15.0. The van der Waals surface area contributed by atoms with E-state index in [1.807, 2.05) is 92.7 Å². The first-order valence-corrected chi connectivity index (χ1v) is 10.4. The lowest BCUT2D eigenvalue weighted by molar-refractivity contribution is -0.122. The lowest BCUT2D eigenvalue weighted by Crippen LogP contribution is -2.37. The molecule has 1 N–H and O–H groups in total. The molecule has 156 valence electrons. The fourth-order valence-electron chi connectivity index (χ4n) is 3.78. The van der Waals surface area contributed by atoms with Gasteiger partial charge in [-0.3, -0.25) is 14.2 Å². The van der Waals surface area contributed by atoms with Crippen molar-refractivity contribution in [2.24, 2.45) is 0 Å². The summed E-state index contributed by atoms with van der Waals surface area (Å²) in [5.74, 6) is 0.373. The third kappa shape index (κ3) is 4.40. The van der Waals surface area contributed by atoms with Crippen LogP contribution in [0.1, 0.15) is 42.8 Å². The predicted octanol–water partition coefficient (Wildman–Crippen LogP) is 4.43. The van der Waals surface area contributed by atoms with Gasteiger partial charge >= 0.3 is 0 Å². The Morgan fingerprint density at radius 2 is 1.42 bits per heavy atom. The number of nitrogens with zero attached hydrogens (tertiary/aromatic N) is 2. The van der Waals surface area contributed by atoms with Crippen LogP contribution in [-0.2, 0) is 11.3 Å². The van der Waals surface area contributed by atoms with E-state index in [0.29, 0.717) is 16.7 Å². The molecule has 1 aromatic heterocycles. The molecule has 0 unspecified atom stereocenters. The number of hydrogen-bond donors (Lipinski definition) is 1. The second kappa shape index (κ2) is 8.96. The van der Waals surface area contributed by atoms with Gasteiger partial charge in [-0.15, -0.1) is 0 Å². The minimum Gasteiger partial charge on any atom is -0.344 e. The predicted molar refractivity (Wildman–Crippen MR) is 123 cm³/mol. The Balaban J connectivity index is 1.69. The summed E-state index contributed by atoms with van der Waals surface area (Å²) in [6, 6.07) is 26.6. The molecule has 5 heteroatoms. The summed E-state index contributed by atoms with van der Waals surface area (Å²) in [6.45, 7) is 3.86. The van der Waals surface area contributed by atoms with Crippen LogP contribution in [0.2, 0.25) is 0 Å². The van der Waals surface area contributed by atoms with E-state index in [9.17, 15) is 9.59 Å². The minimum absolute atomic E-state index is 0.00384. The van der Waals surface area contributed by atoms with Gasteiger partial charge in [0.15, 0.2) is 0 Å². The Labute approximate surface area is 181 Å². The smallest absolute Gasteiger partial charge is 0.261 e. The number of aromatic nitrogens is 2. The zero-order valence-corrected chi connectivity index (χ0v) is 17.7. The van der Waals surface area contributed by atoms with Crippen LogP contribution in [0.15, 0.2) is 89.7 Å². The molecule has 0 saturated carbocycles. The van der Waals surface area contributed by atoms with Gasteiger partial charge in [-0.25, -0.2) is 4.98 Å². The van der Waals surface area contributed by atoms with E-state index in [0.717, 1.165) is 11.1 Å². The highest BCUT2D eigenvalue weighted by Crippen LogP contribution is 2.22. The SMILES string of the molecule is CC(C)c1nc2ccccc2c(=O)n1CC(=O)NC(c1ccccc1)c1ccccc1. The van der Waals surface area contributed by atoms with Crippen molar-refractivity contribution in [1.82, 2.24) is 14.9 Å². The Hall–Kier alpha value is -3.73. The van der Waals surface area contributed by atoms with Crippen LogP contribution in [0.25, 0.3) is 10.9 Å². The van der Waals surface area contributed by atoms with Crippen LogP contribution in [0, 0.1) is 0 Å². The van der Waals surface area contributed by atoms with E-state index in [-0.39, 0.29) is 30.0 Å². The molecule has 0 fully saturated rings. The van der Waals surface area contributed by atoms with Gasteiger partial charge in [0.05, 0.1) is 16.9 Å². The molecule has 4 rings (SSSR count). The zero-order chi connectivity index (χ0) is 21.8. The zero-order valence-electron chi connectivity index (χ0n) is 17.7. The molecule has 5 nitrogen and oxygen atoms in total. The summed E-state index contributed by atoms with van der Waals surface area (Å²) in [7, 11) is 0. The lowest BCUT2D eigenvalue weighted by Gasteiger charge is -2.21. The van der Waals surface area contributed by atoms with E-state index >= 15 is 0 Å². The lowest BCUT2D eigenvalue weighted by atomic mass is 9.99. The molecule has 3 aromatic carbocycles. The first-order valence-electron chi connectivity index (χ1n) is 10.4. The van der Waals surface area contributed by atoms with Crippen LogP contribution in [-0.4, -0.2) is 15.5 Å². The van der Waals surface area contributed by atoms with Crippen LogP contribution < -0.4 is 10.9 Å². The molecule has 4 aromatic rings. The summed E-state index contributed by atoms with van der Waals surface area (Å²) in [4.78, 5) is 31.0. The number of hydrogen-bond acceptors (Lipinski definition) is 3. The minimum atomic E-state index is -0.304. The van der Waals surface area contributed by atoms with Gasteiger partial charge in [-0.2, -0.15) is 0 Å². The highest BCUT2D eigenvalue weighted by Gasteiger charge is 2.20. The van der Waals surface area contributed by atoms with Gasteiger partial charge in [0.1, 0.15) is 12.4 Å². The fraction of sp³-hybridized carbons (Fsp3) is 0.192. The number of carbonyl (C=O) groups excluding carboxylic acids is 1. The molecule has 0 aliphatic rings. The van der Waals surface area contributed by atoms with E-state index in [1.165, 1.54) is 4.57 Å². The second-order valence-electron chi connectivity index (χ2n) is 7.86. The maximum Gasteiger partial charge on any atom is 0.261 e. The Kier molecular flexibility index (Phi) is 5.94. The van der Waals surface area contributed by atoms with Crippen molar-refractivity contribution in [1.29, 1.82) is 0 Å². The Morgan fingerprint density at radius 1 is 0.871 bits per heavy atom. The van der Waals surface area contributed by atoms with Crippen LogP contribution >= 0.6 is 0 Å². The van der Waals surface area contributed by atoms with Crippen LogP contribution in [0.4, 0.5) is 0 Å². The number of amides is 1.